The lowest BCUT2D eigenvalue weighted by Crippen LogP contribution is -2.42. The van der Waals surface area contributed by atoms with Crippen LogP contribution in [0.1, 0.15) is 12.8 Å². The fourth-order valence-electron chi connectivity index (χ4n) is 3.18. The summed E-state index contributed by atoms with van der Waals surface area (Å²) in [5.41, 5.74) is 6.09. The van der Waals surface area contributed by atoms with E-state index in [0.717, 1.165) is 4.90 Å². The van der Waals surface area contributed by atoms with E-state index in [1.165, 1.54) is 22.7 Å². The molecule has 0 atom stereocenters. The molecule has 9 nitrogen and oxygen atoms in total. The van der Waals surface area contributed by atoms with Gasteiger partial charge in [0.1, 0.15) is 10.5 Å². The van der Waals surface area contributed by atoms with Gasteiger partial charge >= 0.3 is 19.9 Å². The largest absolute Gasteiger partial charge is 0.392 e. The van der Waals surface area contributed by atoms with Crippen molar-refractivity contribution in [3.05, 3.63) is 36.7 Å². The van der Waals surface area contributed by atoms with Crippen LogP contribution in [0.5, 0.6) is 0 Å². The Morgan fingerprint density at radius 1 is 1.03 bits per heavy atom. The summed E-state index contributed by atoms with van der Waals surface area (Å²) in [5, 5.41) is -3.50. The molecule has 0 amide bonds. The molecule has 0 radical (unpaired) electrons. The predicted octanol–water partition coefficient (Wildman–Crippen LogP) is 4.36. The Bertz CT molecular complexity index is 1200. The molecule has 0 bridgehead atoms. The van der Waals surface area contributed by atoms with Gasteiger partial charge in [0.15, 0.2) is 11.0 Å². The second-order valence-electron chi connectivity index (χ2n) is 7.33. The summed E-state index contributed by atoms with van der Waals surface area (Å²) in [6.45, 7) is -1.35. The first-order valence-corrected chi connectivity index (χ1v) is 12.1. The van der Waals surface area contributed by atoms with Gasteiger partial charge in [-0.2, -0.15) is 31.3 Å². The van der Waals surface area contributed by atoms with Crippen LogP contribution in [0.4, 0.5) is 32.3 Å². The van der Waals surface area contributed by atoms with E-state index in [1.54, 1.807) is 30.3 Å². The van der Waals surface area contributed by atoms with Gasteiger partial charge in [0, 0.05) is 11.4 Å². The van der Waals surface area contributed by atoms with Gasteiger partial charge in [-0.25, -0.2) is 9.97 Å². The molecule has 192 valence electrons. The zero-order chi connectivity index (χ0) is 26.1. The summed E-state index contributed by atoms with van der Waals surface area (Å²) in [5.74, 6) is -0.169. The van der Waals surface area contributed by atoms with E-state index < -0.39 is 51.3 Å². The quantitative estimate of drug-likeness (QED) is 0.204. The highest BCUT2D eigenvalue weighted by Gasteiger charge is 2.59. The Morgan fingerprint density at radius 2 is 1.63 bits per heavy atom. The van der Waals surface area contributed by atoms with Crippen molar-refractivity contribution in [3.8, 4) is 0 Å². The molecule has 4 N–H and O–H groups in total. The molecule has 35 heavy (non-hydrogen) atoms. The van der Waals surface area contributed by atoms with Crippen molar-refractivity contribution >= 4 is 36.5 Å². The van der Waals surface area contributed by atoms with Gasteiger partial charge in [-0.05, 0) is 12.1 Å². The topological polar surface area (TPSA) is 136 Å². The van der Waals surface area contributed by atoms with Crippen LogP contribution in [-0.4, -0.2) is 53.6 Å². The summed E-state index contributed by atoms with van der Waals surface area (Å²) >= 11 is 1.20. The van der Waals surface area contributed by atoms with E-state index in [0.29, 0.717) is 5.03 Å². The molecule has 17 heteroatoms. The number of nitrogens with two attached hydrogens (primary N) is 1. The number of hydrogen-bond acceptors (Lipinski definition) is 7. The maximum absolute atomic E-state index is 13.0. The second kappa shape index (κ2) is 9.93. The van der Waals surface area contributed by atoms with Gasteiger partial charge in [-0.15, -0.1) is 0 Å². The standard InChI is InChI=1S/C18H18F6N5O4PS/c19-17(20,21)8-16(34(30,31)32,9-18(22,23)24)33-7-6-29-10-26-12-13(29)27-15(25)28-14(12)35-11-4-2-1-3-5-11/h1-5,10H,6-9H2,(H2,25,27,28)(H2,30,31,32). The average Bonchev–Trinajstić information content (AvgIpc) is 3.08. The van der Waals surface area contributed by atoms with Crippen molar-refractivity contribution in [2.75, 3.05) is 12.3 Å². The first kappa shape index (κ1) is 27.2. The number of halogens is 6. The molecule has 0 saturated carbocycles. The molecular weight excluding hydrogens is 527 g/mol. The van der Waals surface area contributed by atoms with E-state index in [2.05, 4.69) is 15.0 Å². The van der Waals surface area contributed by atoms with Gasteiger partial charge in [-0.1, -0.05) is 30.0 Å². The number of imidazole rings is 1. The lowest BCUT2D eigenvalue weighted by Gasteiger charge is -2.35. The van der Waals surface area contributed by atoms with Gasteiger partial charge in [-0.3, -0.25) is 4.57 Å². The Hall–Kier alpha value is -2.39. The normalized spacial score (nSPS) is 13.5. The predicted molar refractivity (Wildman–Crippen MR) is 112 cm³/mol. The monoisotopic (exact) mass is 545 g/mol. The van der Waals surface area contributed by atoms with Crippen molar-refractivity contribution in [1.29, 1.82) is 0 Å². The first-order chi connectivity index (χ1) is 16.1. The van der Waals surface area contributed by atoms with E-state index in [9.17, 15) is 40.7 Å². The minimum atomic E-state index is -6.05. The highest BCUT2D eigenvalue weighted by molar-refractivity contribution is 7.99. The highest BCUT2D eigenvalue weighted by Crippen LogP contribution is 2.60. The van der Waals surface area contributed by atoms with Gasteiger partial charge < -0.3 is 24.8 Å². The van der Waals surface area contributed by atoms with Gasteiger partial charge in [0.2, 0.25) is 5.95 Å². The maximum atomic E-state index is 13.0. The van der Waals surface area contributed by atoms with Crippen molar-refractivity contribution in [1.82, 2.24) is 19.5 Å². The number of hydrogen-bond donors (Lipinski definition) is 3. The number of aromatic nitrogens is 4. The van der Waals surface area contributed by atoms with Crippen LogP contribution < -0.4 is 5.73 Å². The zero-order valence-corrected chi connectivity index (χ0v) is 19.2. The molecule has 2 aromatic heterocycles. The van der Waals surface area contributed by atoms with E-state index in [-0.39, 0.29) is 17.1 Å². The Kier molecular flexibility index (Phi) is 7.72. The molecular formula is C18H18F6N5O4PS. The Morgan fingerprint density at radius 3 is 2.17 bits per heavy atom. The number of fused-ring (bicyclic) bond motifs is 1. The lowest BCUT2D eigenvalue weighted by molar-refractivity contribution is -0.211. The van der Waals surface area contributed by atoms with Crippen LogP contribution in [0.25, 0.3) is 11.2 Å². The number of benzene rings is 1. The Labute approximate surface area is 197 Å². The lowest BCUT2D eigenvalue weighted by atomic mass is 10.1. The van der Waals surface area contributed by atoms with E-state index in [1.807, 2.05) is 0 Å². The van der Waals surface area contributed by atoms with Crippen LogP contribution in [0.3, 0.4) is 0 Å². The Balaban J connectivity index is 1.87. The molecule has 0 spiro atoms. The molecule has 0 aliphatic rings. The van der Waals surface area contributed by atoms with Crippen LogP contribution in [0.15, 0.2) is 46.6 Å². The minimum Gasteiger partial charge on any atom is -0.368 e. The van der Waals surface area contributed by atoms with Gasteiger partial charge in [0.05, 0.1) is 25.8 Å². The van der Waals surface area contributed by atoms with Crippen molar-refractivity contribution in [2.45, 2.75) is 47.0 Å². The number of anilines is 1. The third kappa shape index (κ3) is 7.07. The third-order valence-corrected chi connectivity index (χ3v) is 7.09. The fraction of sp³-hybridized carbons (Fsp3) is 0.389. The smallest absolute Gasteiger partial charge is 0.368 e. The second-order valence-corrected chi connectivity index (χ2v) is 10.3. The summed E-state index contributed by atoms with van der Waals surface area (Å²) in [7, 11) is -6.05. The summed E-state index contributed by atoms with van der Waals surface area (Å²) in [4.78, 5) is 31.9. The van der Waals surface area contributed by atoms with Crippen molar-refractivity contribution < 1.29 is 45.4 Å². The molecule has 0 saturated heterocycles. The third-order valence-electron chi connectivity index (χ3n) is 4.59. The maximum Gasteiger partial charge on any atom is 0.392 e. The number of nitrogens with zero attached hydrogens (tertiary/aromatic N) is 4. The molecule has 0 fully saturated rings. The van der Waals surface area contributed by atoms with Crippen molar-refractivity contribution in [2.24, 2.45) is 0 Å². The number of nitrogen functional groups attached to an aromatic ring is 1. The van der Waals surface area contributed by atoms with Crippen LogP contribution in [-0.2, 0) is 15.8 Å². The number of ether oxygens (including phenoxy) is 1. The number of alkyl halides is 6. The molecule has 0 aliphatic carbocycles. The zero-order valence-electron chi connectivity index (χ0n) is 17.5. The average molecular weight is 545 g/mol. The minimum absolute atomic E-state index is 0.105. The van der Waals surface area contributed by atoms with Crippen LogP contribution in [0, 0.1) is 0 Å². The SMILES string of the molecule is Nc1nc(Sc2ccccc2)c2ncn(CCOC(CC(F)(F)F)(CC(F)(F)F)P(=O)(O)O)c2n1. The van der Waals surface area contributed by atoms with Gasteiger partial charge in [0.25, 0.3) is 0 Å². The summed E-state index contributed by atoms with van der Waals surface area (Å²) in [6, 6.07) is 8.97. The van der Waals surface area contributed by atoms with Crippen LogP contribution >= 0.6 is 19.4 Å². The molecule has 3 aromatic rings. The molecule has 0 unspecified atom stereocenters. The summed E-state index contributed by atoms with van der Waals surface area (Å²) < 4.78 is 95.7. The summed E-state index contributed by atoms with van der Waals surface area (Å²) in [6.07, 6.45) is -14.5. The molecule has 2 heterocycles. The molecule has 0 aliphatic heterocycles. The van der Waals surface area contributed by atoms with Crippen LogP contribution in [0.2, 0.25) is 0 Å². The fourth-order valence-corrected chi connectivity index (χ4v) is 5.11. The molecule has 1 aromatic carbocycles. The van der Waals surface area contributed by atoms with E-state index in [4.69, 9.17) is 10.5 Å². The van der Waals surface area contributed by atoms with Crippen molar-refractivity contribution in [3.63, 3.8) is 0 Å². The first-order valence-electron chi connectivity index (χ1n) is 9.63. The highest BCUT2D eigenvalue weighted by atomic mass is 32.2. The molecule has 3 rings (SSSR count). The number of rotatable bonds is 9. The van der Waals surface area contributed by atoms with E-state index >= 15 is 0 Å².